The molecule has 8 heteroatoms. The number of nitrogens with one attached hydrogen (secondary N) is 1. The van der Waals surface area contributed by atoms with Gasteiger partial charge >= 0.3 is 0 Å². The molecule has 1 aliphatic carbocycles. The van der Waals surface area contributed by atoms with Crippen molar-refractivity contribution in [2.75, 3.05) is 6.61 Å². The van der Waals surface area contributed by atoms with Crippen molar-refractivity contribution in [1.29, 1.82) is 0 Å². The lowest BCUT2D eigenvalue weighted by Crippen LogP contribution is -2.32. The molecule has 0 atom stereocenters. The van der Waals surface area contributed by atoms with E-state index in [-0.39, 0.29) is 35.0 Å². The standard InChI is InChI=1S/C22H24F2N2O4/c1-14-19(13-27)26(9-10-30-16-6-2-3-7-16)12-17(21(14)28)22(29)25-11-15-5-4-8-18(23)20(15)24/h4-5,8,12-13,16H,2-3,6-7,9-11H2,1H3,(H,25,29). The molecule has 0 unspecified atom stereocenters. The summed E-state index contributed by atoms with van der Waals surface area (Å²) in [5.74, 6) is -2.79. The minimum atomic E-state index is -1.05. The number of aromatic nitrogens is 1. The second kappa shape index (κ2) is 9.75. The molecule has 0 saturated heterocycles. The first-order valence-electron chi connectivity index (χ1n) is 9.94. The first kappa shape index (κ1) is 21.8. The van der Waals surface area contributed by atoms with E-state index in [0.29, 0.717) is 19.4 Å². The minimum Gasteiger partial charge on any atom is -0.376 e. The van der Waals surface area contributed by atoms with Crippen LogP contribution >= 0.6 is 0 Å². The van der Waals surface area contributed by atoms with E-state index in [1.807, 2.05) is 0 Å². The third-order valence-corrected chi connectivity index (χ3v) is 5.38. The highest BCUT2D eigenvalue weighted by Crippen LogP contribution is 2.21. The van der Waals surface area contributed by atoms with E-state index >= 15 is 0 Å². The van der Waals surface area contributed by atoms with Crippen molar-refractivity contribution in [1.82, 2.24) is 9.88 Å². The summed E-state index contributed by atoms with van der Waals surface area (Å²) in [6.45, 7) is 1.86. The van der Waals surface area contributed by atoms with Gasteiger partial charge in [0.15, 0.2) is 23.3 Å². The highest BCUT2D eigenvalue weighted by atomic mass is 19.2. The smallest absolute Gasteiger partial charge is 0.257 e. The molecule has 1 fully saturated rings. The molecular weight excluding hydrogens is 394 g/mol. The average molecular weight is 418 g/mol. The highest BCUT2D eigenvalue weighted by molar-refractivity contribution is 5.94. The number of hydrogen-bond donors (Lipinski definition) is 1. The Hall–Kier alpha value is -2.87. The second-order valence-corrected chi connectivity index (χ2v) is 7.37. The van der Waals surface area contributed by atoms with Crippen LogP contribution in [0.2, 0.25) is 0 Å². The van der Waals surface area contributed by atoms with Gasteiger partial charge in [-0.15, -0.1) is 0 Å². The van der Waals surface area contributed by atoms with Crippen LogP contribution in [-0.4, -0.2) is 29.5 Å². The van der Waals surface area contributed by atoms with Crippen LogP contribution in [0.4, 0.5) is 8.78 Å². The van der Waals surface area contributed by atoms with Gasteiger partial charge in [0.2, 0.25) is 0 Å². The summed E-state index contributed by atoms with van der Waals surface area (Å²) in [5, 5.41) is 2.44. The second-order valence-electron chi connectivity index (χ2n) is 7.37. The Morgan fingerprint density at radius 1 is 1.30 bits per heavy atom. The number of amides is 1. The predicted molar refractivity (Wildman–Crippen MR) is 107 cm³/mol. The molecule has 1 heterocycles. The number of ether oxygens (including phenoxy) is 1. The molecule has 1 amide bonds. The topological polar surface area (TPSA) is 77.4 Å². The predicted octanol–water partition coefficient (Wildman–Crippen LogP) is 3.14. The van der Waals surface area contributed by atoms with Gasteiger partial charge in [-0.05, 0) is 25.8 Å². The van der Waals surface area contributed by atoms with Gasteiger partial charge in [0.05, 0.1) is 18.4 Å². The molecule has 160 valence electrons. The number of hydrogen-bond acceptors (Lipinski definition) is 4. The van der Waals surface area contributed by atoms with Crippen molar-refractivity contribution in [3.63, 3.8) is 0 Å². The van der Waals surface area contributed by atoms with Crippen molar-refractivity contribution in [2.24, 2.45) is 0 Å². The molecule has 1 saturated carbocycles. The quantitative estimate of drug-likeness (QED) is 0.669. The minimum absolute atomic E-state index is 0.0325. The molecule has 3 rings (SSSR count). The average Bonchev–Trinajstić information content (AvgIpc) is 3.25. The molecule has 0 bridgehead atoms. The van der Waals surface area contributed by atoms with E-state index in [0.717, 1.165) is 31.7 Å². The van der Waals surface area contributed by atoms with Crippen LogP contribution in [0.15, 0.2) is 29.2 Å². The monoisotopic (exact) mass is 418 g/mol. The molecular formula is C22H24F2N2O4. The molecule has 1 aliphatic rings. The van der Waals surface area contributed by atoms with Crippen LogP contribution in [0.5, 0.6) is 0 Å². The molecule has 2 aromatic rings. The summed E-state index contributed by atoms with van der Waals surface area (Å²) in [5.41, 5.74) is -0.453. The number of halogens is 2. The van der Waals surface area contributed by atoms with E-state index in [1.54, 1.807) is 0 Å². The first-order chi connectivity index (χ1) is 14.4. The summed E-state index contributed by atoms with van der Waals surface area (Å²) in [4.78, 5) is 36.6. The maximum atomic E-state index is 13.8. The van der Waals surface area contributed by atoms with E-state index in [2.05, 4.69) is 5.32 Å². The van der Waals surface area contributed by atoms with E-state index in [4.69, 9.17) is 4.74 Å². The van der Waals surface area contributed by atoms with E-state index in [1.165, 1.54) is 29.8 Å². The van der Waals surface area contributed by atoms with Crippen LogP contribution in [0.1, 0.15) is 57.7 Å². The van der Waals surface area contributed by atoms with Crippen LogP contribution in [0, 0.1) is 18.6 Å². The molecule has 0 spiro atoms. The Labute approximate surface area is 172 Å². The molecule has 6 nitrogen and oxygen atoms in total. The van der Waals surface area contributed by atoms with Gasteiger partial charge < -0.3 is 14.6 Å². The molecule has 1 N–H and O–H groups in total. The number of pyridine rings is 1. The molecule has 30 heavy (non-hydrogen) atoms. The van der Waals surface area contributed by atoms with Crippen molar-refractivity contribution < 1.29 is 23.1 Å². The summed E-state index contributed by atoms with van der Waals surface area (Å²) in [7, 11) is 0. The molecule has 0 radical (unpaired) electrons. The van der Waals surface area contributed by atoms with Gasteiger partial charge in [0.1, 0.15) is 5.56 Å². The summed E-state index contributed by atoms with van der Waals surface area (Å²) in [6.07, 6.45) is 6.39. The lowest BCUT2D eigenvalue weighted by atomic mass is 10.1. The first-order valence-corrected chi connectivity index (χ1v) is 9.94. The third kappa shape index (κ3) is 4.81. The van der Waals surface area contributed by atoms with Gasteiger partial charge in [-0.3, -0.25) is 14.4 Å². The molecule has 1 aromatic carbocycles. The normalized spacial score (nSPS) is 14.1. The van der Waals surface area contributed by atoms with Gasteiger partial charge in [0.25, 0.3) is 5.91 Å². The SMILES string of the molecule is Cc1c(C=O)n(CCOC2CCCC2)cc(C(=O)NCc2cccc(F)c2F)c1=O. The van der Waals surface area contributed by atoms with Crippen molar-refractivity contribution in [2.45, 2.75) is 51.8 Å². The fraction of sp³-hybridized carbons (Fsp3) is 0.409. The van der Waals surface area contributed by atoms with Crippen LogP contribution in [0.25, 0.3) is 0 Å². The summed E-state index contributed by atoms with van der Waals surface area (Å²) < 4.78 is 34.4. The Morgan fingerprint density at radius 3 is 2.73 bits per heavy atom. The summed E-state index contributed by atoms with van der Waals surface area (Å²) in [6, 6.07) is 3.66. The number of carbonyl (C=O) groups excluding carboxylic acids is 2. The number of aldehydes is 1. The van der Waals surface area contributed by atoms with Gasteiger partial charge in [-0.1, -0.05) is 25.0 Å². The van der Waals surface area contributed by atoms with Gasteiger partial charge in [-0.25, -0.2) is 8.78 Å². The van der Waals surface area contributed by atoms with E-state index in [9.17, 15) is 23.2 Å². The van der Waals surface area contributed by atoms with Crippen molar-refractivity contribution in [3.05, 3.63) is 68.6 Å². The Kier molecular flexibility index (Phi) is 7.10. The van der Waals surface area contributed by atoms with Gasteiger partial charge in [0, 0.05) is 30.4 Å². The number of carbonyl (C=O) groups is 2. The van der Waals surface area contributed by atoms with Crippen molar-refractivity contribution in [3.8, 4) is 0 Å². The Balaban J connectivity index is 1.76. The molecule has 1 aromatic heterocycles. The third-order valence-electron chi connectivity index (χ3n) is 5.38. The van der Waals surface area contributed by atoms with Crippen molar-refractivity contribution >= 4 is 12.2 Å². The molecule has 0 aliphatic heterocycles. The van der Waals surface area contributed by atoms with Crippen LogP contribution < -0.4 is 10.7 Å². The lowest BCUT2D eigenvalue weighted by Gasteiger charge is -2.16. The highest BCUT2D eigenvalue weighted by Gasteiger charge is 2.19. The zero-order valence-electron chi connectivity index (χ0n) is 16.7. The zero-order chi connectivity index (χ0) is 21.7. The number of rotatable bonds is 8. The number of nitrogens with zero attached hydrogens (tertiary/aromatic N) is 1. The van der Waals surface area contributed by atoms with E-state index < -0.39 is 23.0 Å². The zero-order valence-corrected chi connectivity index (χ0v) is 16.7. The van der Waals surface area contributed by atoms with Crippen LogP contribution in [-0.2, 0) is 17.8 Å². The number of benzene rings is 1. The van der Waals surface area contributed by atoms with Crippen LogP contribution in [0.3, 0.4) is 0 Å². The summed E-state index contributed by atoms with van der Waals surface area (Å²) >= 11 is 0. The fourth-order valence-electron chi connectivity index (χ4n) is 3.65. The maximum Gasteiger partial charge on any atom is 0.257 e. The largest absolute Gasteiger partial charge is 0.376 e. The Morgan fingerprint density at radius 2 is 2.03 bits per heavy atom. The lowest BCUT2D eigenvalue weighted by molar-refractivity contribution is 0.0525. The van der Waals surface area contributed by atoms with Gasteiger partial charge in [-0.2, -0.15) is 0 Å². The Bertz CT molecular complexity index is 997. The maximum absolute atomic E-state index is 13.8. The fourth-order valence-corrected chi connectivity index (χ4v) is 3.65.